The normalized spacial score (nSPS) is 11.0. The second-order valence-corrected chi connectivity index (χ2v) is 7.42. The van der Waals surface area contributed by atoms with Crippen LogP contribution in [0.1, 0.15) is 13.3 Å². The molecule has 0 amide bonds. The first-order valence-corrected chi connectivity index (χ1v) is 10.6. The summed E-state index contributed by atoms with van der Waals surface area (Å²) in [4.78, 5) is 11.6. The van der Waals surface area contributed by atoms with Gasteiger partial charge in [0, 0.05) is 54.9 Å². The molecule has 0 saturated heterocycles. The fraction of sp³-hybridized carbons (Fsp3) is 0.292. The van der Waals surface area contributed by atoms with Crippen LogP contribution in [0.2, 0.25) is 0 Å². The van der Waals surface area contributed by atoms with Crippen LogP contribution in [0, 0.1) is 0 Å². The number of benzene rings is 2. The Hall–Kier alpha value is -3.65. The van der Waals surface area contributed by atoms with Crippen LogP contribution in [0.3, 0.4) is 0 Å². The summed E-state index contributed by atoms with van der Waals surface area (Å²) in [7, 11) is 3.51. The SMILES string of the molecule is CCCN(c1cc(OC)cc(OCCO)c1)c1ccc2ncc(-c3cnn(C)c3)nc2c1. The number of fused-ring (bicyclic) bond motifs is 1. The van der Waals surface area contributed by atoms with Crippen LogP contribution in [0.15, 0.2) is 55.0 Å². The van der Waals surface area contributed by atoms with Crippen molar-refractivity contribution >= 4 is 22.4 Å². The summed E-state index contributed by atoms with van der Waals surface area (Å²) >= 11 is 0. The van der Waals surface area contributed by atoms with Gasteiger partial charge in [-0.15, -0.1) is 0 Å². The van der Waals surface area contributed by atoms with E-state index in [4.69, 9.17) is 19.6 Å². The number of aliphatic hydroxyl groups is 1. The first kappa shape index (κ1) is 21.6. The van der Waals surface area contributed by atoms with Gasteiger partial charge in [-0.2, -0.15) is 5.10 Å². The molecule has 2 aromatic heterocycles. The molecule has 4 aromatic rings. The third-order valence-corrected chi connectivity index (χ3v) is 5.06. The second-order valence-electron chi connectivity index (χ2n) is 7.42. The van der Waals surface area contributed by atoms with Crippen LogP contribution in [0.5, 0.6) is 11.5 Å². The largest absolute Gasteiger partial charge is 0.497 e. The Labute approximate surface area is 187 Å². The van der Waals surface area contributed by atoms with E-state index < -0.39 is 0 Å². The molecule has 0 aliphatic rings. The molecule has 0 aliphatic heterocycles. The number of aliphatic hydroxyl groups excluding tert-OH is 1. The number of hydrogen-bond donors (Lipinski definition) is 1. The van der Waals surface area contributed by atoms with Crippen molar-refractivity contribution in [3.8, 4) is 22.8 Å². The Morgan fingerprint density at radius 2 is 1.88 bits per heavy atom. The Bertz CT molecular complexity index is 1210. The lowest BCUT2D eigenvalue weighted by Gasteiger charge is -2.26. The van der Waals surface area contributed by atoms with Crippen molar-refractivity contribution in [3.63, 3.8) is 0 Å². The molecule has 2 heterocycles. The first-order chi connectivity index (χ1) is 15.6. The number of rotatable bonds is 9. The predicted molar refractivity (Wildman–Crippen MR) is 125 cm³/mol. The van der Waals surface area contributed by atoms with Gasteiger partial charge in [0.2, 0.25) is 0 Å². The topological polar surface area (TPSA) is 85.5 Å². The summed E-state index contributed by atoms with van der Waals surface area (Å²) in [6, 6.07) is 11.8. The van der Waals surface area contributed by atoms with Gasteiger partial charge in [-0.05, 0) is 24.6 Å². The average Bonchev–Trinajstić information content (AvgIpc) is 3.26. The van der Waals surface area contributed by atoms with Crippen molar-refractivity contribution in [2.24, 2.45) is 7.05 Å². The number of ether oxygens (including phenoxy) is 2. The summed E-state index contributed by atoms with van der Waals surface area (Å²) in [5.74, 6) is 1.34. The van der Waals surface area contributed by atoms with E-state index in [1.807, 2.05) is 49.6 Å². The molecule has 2 aromatic carbocycles. The number of anilines is 2. The zero-order valence-electron chi connectivity index (χ0n) is 18.5. The molecule has 4 rings (SSSR count). The van der Waals surface area contributed by atoms with E-state index in [9.17, 15) is 0 Å². The molecule has 0 bridgehead atoms. The molecule has 32 heavy (non-hydrogen) atoms. The predicted octanol–water partition coefficient (Wildman–Crippen LogP) is 3.96. The second kappa shape index (κ2) is 9.65. The summed E-state index contributed by atoms with van der Waals surface area (Å²) in [6.07, 6.45) is 6.43. The maximum absolute atomic E-state index is 9.12. The lowest BCUT2D eigenvalue weighted by Crippen LogP contribution is -2.18. The van der Waals surface area contributed by atoms with Gasteiger partial charge in [-0.25, -0.2) is 4.98 Å². The van der Waals surface area contributed by atoms with Gasteiger partial charge < -0.3 is 19.5 Å². The van der Waals surface area contributed by atoms with Gasteiger partial charge in [-0.3, -0.25) is 9.67 Å². The van der Waals surface area contributed by atoms with Gasteiger partial charge in [0.05, 0.1) is 42.8 Å². The van der Waals surface area contributed by atoms with Gasteiger partial charge in [-0.1, -0.05) is 6.92 Å². The molecule has 166 valence electrons. The Balaban J connectivity index is 1.75. The van der Waals surface area contributed by atoms with Crippen LogP contribution < -0.4 is 14.4 Å². The van der Waals surface area contributed by atoms with E-state index >= 15 is 0 Å². The van der Waals surface area contributed by atoms with Crippen molar-refractivity contribution in [2.45, 2.75) is 13.3 Å². The molecule has 8 heteroatoms. The Kier molecular flexibility index (Phi) is 6.51. The minimum atomic E-state index is -0.0478. The third-order valence-electron chi connectivity index (χ3n) is 5.06. The molecular weight excluding hydrogens is 406 g/mol. The molecular formula is C24H27N5O3. The minimum Gasteiger partial charge on any atom is -0.497 e. The lowest BCUT2D eigenvalue weighted by molar-refractivity contribution is 0.201. The van der Waals surface area contributed by atoms with Crippen molar-refractivity contribution in [1.82, 2.24) is 19.7 Å². The zero-order chi connectivity index (χ0) is 22.5. The molecule has 0 saturated carbocycles. The standard InChI is InChI=1S/C24H27N5O3/c1-4-7-29(19-10-20(31-3)13-21(11-19)32-9-8-30)18-5-6-22-23(12-18)27-24(15-25-22)17-14-26-28(2)16-17/h5-6,10-16,30H,4,7-9H2,1-3H3. The fourth-order valence-corrected chi connectivity index (χ4v) is 3.57. The highest BCUT2D eigenvalue weighted by molar-refractivity contribution is 5.82. The van der Waals surface area contributed by atoms with Crippen LogP contribution in [0.4, 0.5) is 11.4 Å². The molecule has 8 nitrogen and oxygen atoms in total. The maximum atomic E-state index is 9.12. The summed E-state index contributed by atoms with van der Waals surface area (Å²) in [5.41, 5.74) is 5.29. The molecule has 0 radical (unpaired) electrons. The highest BCUT2D eigenvalue weighted by atomic mass is 16.5. The monoisotopic (exact) mass is 433 g/mol. The van der Waals surface area contributed by atoms with Crippen molar-refractivity contribution < 1.29 is 14.6 Å². The summed E-state index contributed by atoms with van der Waals surface area (Å²) in [5, 5.41) is 13.3. The van der Waals surface area contributed by atoms with Crippen LogP contribution in [-0.4, -0.2) is 51.7 Å². The van der Waals surface area contributed by atoms with Gasteiger partial charge >= 0.3 is 0 Å². The highest BCUT2D eigenvalue weighted by Gasteiger charge is 2.14. The average molecular weight is 434 g/mol. The third kappa shape index (κ3) is 4.65. The van der Waals surface area contributed by atoms with Crippen LogP contribution in [-0.2, 0) is 7.05 Å². The summed E-state index contributed by atoms with van der Waals surface area (Å²) in [6.45, 7) is 3.11. The Morgan fingerprint density at radius 3 is 2.59 bits per heavy atom. The van der Waals surface area contributed by atoms with E-state index in [1.54, 1.807) is 24.2 Å². The Morgan fingerprint density at radius 1 is 1.03 bits per heavy atom. The van der Waals surface area contributed by atoms with Gasteiger partial charge in [0.1, 0.15) is 18.1 Å². The zero-order valence-corrected chi connectivity index (χ0v) is 18.5. The first-order valence-electron chi connectivity index (χ1n) is 10.6. The number of nitrogens with zero attached hydrogens (tertiary/aromatic N) is 5. The van der Waals surface area contributed by atoms with Crippen molar-refractivity contribution in [3.05, 3.63) is 55.0 Å². The number of methoxy groups -OCH3 is 1. The van der Waals surface area contributed by atoms with Crippen LogP contribution in [0.25, 0.3) is 22.3 Å². The highest BCUT2D eigenvalue weighted by Crippen LogP contribution is 2.34. The molecule has 0 aliphatic carbocycles. The smallest absolute Gasteiger partial charge is 0.125 e. The van der Waals surface area contributed by atoms with E-state index in [2.05, 4.69) is 21.9 Å². The molecule has 0 atom stereocenters. The van der Waals surface area contributed by atoms with E-state index in [1.165, 1.54) is 0 Å². The fourth-order valence-electron chi connectivity index (χ4n) is 3.57. The van der Waals surface area contributed by atoms with Crippen LogP contribution >= 0.6 is 0 Å². The number of aromatic nitrogens is 4. The molecule has 0 fully saturated rings. The quantitative estimate of drug-likeness (QED) is 0.428. The summed E-state index contributed by atoms with van der Waals surface area (Å²) < 4.78 is 12.9. The van der Waals surface area contributed by atoms with Gasteiger partial charge in [0.25, 0.3) is 0 Å². The minimum absolute atomic E-state index is 0.0478. The number of hydrogen-bond acceptors (Lipinski definition) is 7. The maximum Gasteiger partial charge on any atom is 0.125 e. The van der Waals surface area contributed by atoms with E-state index in [0.717, 1.165) is 46.6 Å². The van der Waals surface area contributed by atoms with Crippen molar-refractivity contribution in [1.29, 1.82) is 0 Å². The van der Waals surface area contributed by atoms with E-state index in [-0.39, 0.29) is 13.2 Å². The van der Waals surface area contributed by atoms with Gasteiger partial charge in [0.15, 0.2) is 0 Å². The van der Waals surface area contributed by atoms with E-state index in [0.29, 0.717) is 11.5 Å². The lowest BCUT2D eigenvalue weighted by atomic mass is 10.2. The van der Waals surface area contributed by atoms with Crippen molar-refractivity contribution in [2.75, 3.05) is 31.8 Å². The molecule has 0 spiro atoms. The molecule has 1 N–H and O–H groups in total. The molecule has 0 unspecified atom stereocenters. The number of aryl methyl sites for hydroxylation is 1.